The molecule has 3 rings (SSSR count). The molecule has 0 amide bonds. The third kappa shape index (κ3) is 3.22. The lowest BCUT2D eigenvalue weighted by molar-refractivity contribution is 0.874. The van der Waals surface area contributed by atoms with Gasteiger partial charge >= 0.3 is 0 Å². The molecule has 0 unspecified atom stereocenters. The smallest absolute Gasteiger partial charge is 0.145 e. The highest BCUT2D eigenvalue weighted by Gasteiger charge is 2.13. The maximum absolute atomic E-state index is 9.61. The first-order valence-electron chi connectivity index (χ1n) is 7.55. The SMILES string of the molecule is C[C@H](Nc1nccc(-c2ccccc2)c1C#N)c1ccccc1. The summed E-state index contributed by atoms with van der Waals surface area (Å²) >= 11 is 0. The Balaban J connectivity index is 1.96. The summed E-state index contributed by atoms with van der Waals surface area (Å²) < 4.78 is 0. The molecule has 1 atom stereocenters. The van der Waals surface area contributed by atoms with Crippen LogP contribution in [0.4, 0.5) is 5.82 Å². The van der Waals surface area contributed by atoms with Crippen molar-refractivity contribution in [2.75, 3.05) is 5.32 Å². The Morgan fingerprint density at radius 1 is 0.957 bits per heavy atom. The molecule has 3 nitrogen and oxygen atoms in total. The molecule has 1 aromatic heterocycles. The third-order valence-electron chi connectivity index (χ3n) is 3.80. The molecule has 0 aliphatic carbocycles. The summed E-state index contributed by atoms with van der Waals surface area (Å²) in [5.41, 5.74) is 3.64. The highest BCUT2D eigenvalue weighted by molar-refractivity contribution is 5.75. The van der Waals surface area contributed by atoms with Crippen molar-refractivity contribution in [3.05, 3.63) is 84.1 Å². The first-order chi connectivity index (χ1) is 11.3. The fraction of sp³-hybridized carbons (Fsp3) is 0.100. The van der Waals surface area contributed by atoms with Gasteiger partial charge in [-0.25, -0.2) is 4.98 Å². The third-order valence-corrected chi connectivity index (χ3v) is 3.80. The zero-order chi connectivity index (χ0) is 16.1. The molecule has 112 valence electrons. The van der Waals surface area contributed by atoms with Gasteiger partial charge in [-0.15, -0.1) is 0 Å². The summed E-state index contributed by atoms with van der Waals surface area (Å²) in [7, 11) is 0. The van der Waals surface area contributed by atoms with Crippen LogP contribution in [0.2, 0.25) is 0 Å². The average molecular weight is 299 g/mol. The van der Waals surface area contributed by atoms with Crippen LogP contribution in [0, 0.1) is 11.3 Å². The summed E-state index contributed by atoms with van der Waals surface area (Å²) in [5.74, 6) is 0.616. The van der Waals surface area contributed by atoms with E-state index in [1.54, 1.807) is 6.20 Å². The van der Waals surface area contributed by atoms with Gasteiger partial charge in [-0.1, -0.05) is 60.7 Å². The molecular formula is C20H17N3. The van der Waals surface area contributed by atoms with Crippen LogP contribution in [-0.4, -0.2) is 4.98 Å². The first kappa shape index (κ1) is 14.8. The predicted octanol–water partition coefficient (Wildman–Crippen LogP) is 4.79. The van der Waals surface area contributed by atoms with E-state index in [0.29, 0.717) is 11.4 Å². The quantitative estimate of drug-likeness (QED) is 0.753. The Kier molecular flexibility index (Phi) is 4.35. The second-order valence-corrected chi connectivity index (χ2v) is 5.34. The van der Waals surface area contributed by atoms with Gasteiger partial charge in [0.25, 0.3) is 0 Å². The van der Waals surface area contributed by atoms with E-state index < -0.39 is 0 Å². The van der Waals surface area contributed by atoms with Crippen molar-refractivity contribution in [3.63, 3.8) is 0 Å². The van der Waals surface area contributed by atoms with E-state index in [9.17, 15) is 5.26 Å². The Labute approximate surface area is 136 Å². The number of nitriles is 1. The molecule has 0 aliphatic rings. The Morgan fingerprint density at radius 2 is 1.61 bits per heavy atom. The van der Waals surface area contributed by atoms with Crippen molar-refractivity contribution < 1.29 is 0 Å². The average Bonchev–Trinajstić information content (AvgIpc) is 2.63. The Hall–Kier alpha value is -3.12. The lowest BCUT2D eigenvalue weighted by Crippen LogP contribution is -2.09. The second kappa shape index (κ2) is 6.76. The fourth-order valence-corrected chi connectivity index (χ4v) is 2.57. The monoisotopic (exact) mass is 299 g/mol. The van der Waals surface area contributed by atoms with Gasteiger partial charge in [-0.3, -0.25) is 0 Å². The van der Waals surface area contributed by atoms with Crippen molar-refractivity contribution in [3.8, 4) is 17.2 Å². The van der Waals surface area contributed by atoms with E-state index in [1.807, 2.05) is 54.6 Å². The molecule has 0 fully saturated rings. The lowest BCUT2D eigenvalue weighted by atomic mass is 10.0. The van der Waals surface area contributed by atoms with Crippen molar-refractivity contribution in [1.82, 2.24) is 4.98 Å². The van der Waals surface area contributed by atoms with Crippen LogP contribution in [0.15, 0.2) is 72.9 Å². The number of nitrogens with zero attached hydrogens (tertiary/aromatic N) is 2. The van der Waals surface area contributed by atoms with E-state index in [2.05, 4.69) is 35.4 Å². The maximum atomic E-state index is 9.61. The van der Waals surface area contributed by atoms with Gasteiger partial charge in [-0.2, -0.15) is 5.26 Å². The van der Waals surface area contributed by atoms with Crippen LogP contribution in [0.5, 0.6) is 0 Å². The molecule has 0 saturated heterocycles. The molecule has 1 N–H and O–H groups in total. The van der Waals surface area contributed by atoms with Gasteiger partial charge in [-0.05, 0) is 24.1 Å². The highest BCUT2D eigenvalue weighted by atomic mass is 15.0. The maximum Gasteiger partial charge on any atom is 0.145 e. The fourth-order valence-electron chi connectivity index (χ4n) is 2.57. The zero-order valence-corrected chi connectivity index (χ0v) is 12.9. The summed E-state index contributed by atoms with van der Waals surface area (Å²) in [5, 5.41) is 13.0. The van der Waals surface area contributed by atoms with Gasteiger partial charge in [0.05, 0.1) is 0 Å². The second-order valence-electron chi connectivity index (χ2n) is 5.34. The van der Waals surface area contributed by atoms with Crippen LogP contribution in [0.3, 0.4) is 0 Å². The lowest BCUT2D eigenvalue weighted by Gasteiger charge is -2.17. The normalized spacial score (nSPS) is 11.5. The van der Waals surface area contributed by atoms with E-state index in [1.165, 1.54) is 0 Å². The van der Waals surface area contributed by atoms with Crippen LogP contribution in [0.1, 0.15) is 24.1 Å². The first-order valence-corrected chi connectivity index (χ1v) is 7.55. The number of nitrogens with one attached hydrogen (secondary N) is 1. The van der Waals surface area contributed by atoms with Crippen LogP contribution >= 0.6 is 0 Å². The largest absolute Gasteiger partial charge is 0.362 e. The molecule has 3 aromatic rings. The molecule has 1 heterocycles. The minimum atomic E-state index is 0.0711. The zero-order valence-electron chi connectivity index (χ0n) is 12.9. The molecule has 23 heavy (non-hydrogen) atoms. The number of rotatable bonds is 4. The Bertz CT molecular complexity index is 821. The number of pyridine rings is 1. The van der Waals surface area contributed by atoms with Gasteiger partial charge in [0.2, 0.25) is 0 Å². The Morgan fingerprint density at radius 3 is 2.26 bits per heavy atom. The predicted molar refractivity (Wildman–Crippen MR) is 92.9 cm³/mol. The summed E-state index contributed by atoms with van der Waals surface area (Å²) in [4.78, 5) is 4.37. The summed E-state index contributed by atoms with van der Waals surface area (Å²) in [6.45, 7) is 2.06. The highest BCUT2D eigenvalue weighted by Crippen LogP contribution is 2.29. The molecular weight excluding hydrogens is 282 g/mol. The minimum absolute atomic E-state index is 0.0711. The van der Waals surface area contributed by atoms with Crippen molar-refractivity contribution in [2.24, 2.45) is 0 Å². The molecule has 0 bridgehead atoms. The van der Waals surface area contributed by atoms with E-state index in [0.717, 1.165) is 16.7 Å². The standard InChI is InChI=1S/C20H17N3/c1-15(16-8-4-2-5-9-16)23-20-19(14-21)18(12-13-22-20)17-10-6-3-7-11-17/h2-13,15H,1H3,(H,22,23)/t15-/m0/s1. The van der Waals surface area contributed by atoms with Crippen LogP contribution in [-0.2, 0) is 0 Å². The van der Waals surface area contributed by atoms with Gasteiger partial charge in [0.15, 0.2) is 0 Å². The number of hydrogen-bond donors (Lipinski definition) is 1. The molecule has 2 aromatic carbocycles. The number of aromatic nitrogens is 1. The molecule has 0 aliphatic heterocycles. The van der Waals surface area contributed by atoms with Crippen LogP contribution < -0.4 is 5.32 Å². The number of anilines is 1. The molecule has 3 heteroatoms. The summed E-state index contributed by atoms with van der Waals surface area (Å²) in [6, 6.07) is 24.3. The van der Waals surface area contributed by atoms with Gasteiger partial charge in [0.1, 0.15) is 17.5 Å². The molecule has 0 radical (unpaired) electrons. The minimum Gasteiger partial charge on any atom is -0.362 e. The van der Waals surface area contributed by atoms with Crippen molar-refractivity contribution in [2.45, 2.75) is 13.0 Å². The van der Waals surface area contributed by atoms with Gasteiger partial charge < -0.3 is 5.32 Å². The summed E-state index contributed by atoms with van der Waals surface area (Å²) in [6.07, 6.45) is 1.74. The van der Waals surface area contributed by atoms with Crippen molar-refractivity contribution >= 4 is 5.82 Å². The van der Waals surface area contributed by atoms with E-state index in [4.69, 9.17) is 0 Å². The van der Waals surface area contributed by atoms with E-state index in [-0.39, 0.29) is 6.04 Å². The molecule has 0 spiro atoms. The topological polar surface area (TPSA) is 48.7 Å². The number of hydrogen-bond acceptors (Lipinski definition) is 3. The molecule has 0 saturated carbocycles. The van der Waals surface area contributed by atoms with Gasteiger partial charge in [0, 0.05) is 17.8 Å². The van der Waals surface area contributed by atoms with Crippen LogP contribution in [0.25, 0.3) is 11.1 Å². The number of benzene rings is 2. The van der Waals surface area contributed by atoms with E-state index >= 15 is 0 Å². The van der Waals surface area contributed by atoms with Crippen molar-refractivity contribution in [1.29, 1.82) is 5.26 Å².